The second-order valence-corrected chi connectivity index (χ2v) is 6.79. The van der Waals surface area contributed by atoms with Crippen molar-refractivity contribution in [2.24, 2.45) is 5.92 Å². The third kappa shape index (κ3) is 3.16. The highest BCUT2D eigenvalue weighted by molar-refractivity contribution is 6.06. The molecule has 2 heterocycles. The number of rotatable bonds is 4. The Labute approximate surface area is 141 Å². The van der Waals surface area contributed by atoms with E-state index in [9.17, 15) is 9.59 Å². The van der Waals surface area contributed by atoms with Crippen molar-refractivity contribution in [3.63, 3.8) is 0 Å². The zero-order valence-corrected chi connectivity index (χ0v) is 14.3. The highest BCUT2D eigenvalue weighted by Crippen LogP contribution is 2.27. The second kappa shape index (κ2) is 6.67. The van der Waals surface area contributed by atoms with E-state index in [0.717, 1.165) is 36.0 Å². The van der Waals surface area contributed by atoms with Crippen molar-refractivity contribution in [1.82, 2.24) is 9.88 Å². The van der Waals surface area contributed by atoms with Gasteiger partial charge in [-0.25, -0.2) is 0 Å². The lowest BCUT2D eigenvalue weighted by Gasteiger charge is -2.32. The minimum Gasteiger partial charge on any atom is -0.481 e. The molecule has 0 spiro atoms. The fraction of sp³-hybridized carbons (Fsp3) is 0.474. The molecule has 0 aliphatic carbocycles. The number of aryl methyl sites for hydroxylation is 2. The third-order valence-electron chi connectivity index (χ3n) is 5.15. The lowest BCUT2D eigenvalue weighted by Crippen LogP contribution is -2.40. The van der Waals surface area contributed by atoms with Crippen LogP contribution in [-0.4, -0.2) is 40.0 Å². The average Bonchev–Trinajstić information content (AvgIpc) is 2.87. The van der Waals surface area contributed by atoms with Crippen molar-refractivity contribution in [3.05, 3.63) is 35.0 Å². The molecule has 2 N–H and O–H groups in total. The Morgan fingerprint density at radius 2 is 2.12 bits per heavy atom. The zero-order chi connectivity index (χ0) is 17.3. The first-order valence-corrected chi connectivity index (χ1v) is 8.56. The topological polar surface area (TPSA) is 73.4 Å². The summed E-state index contributed by atoms with van der Waals surface area (Å²) in [5, 5.41) is 9.95. The van der Waals surface area contributed by atoms with Crippen molar-refractivity contribution in [1.29, 1.82) is 0 Å². The van der Waals surface area contributed by atoms with Crippen molar-refractivity contribution in [2.45, 2.75) is 39.5 Å². The standard InChI is InChI=1S/C19H24N2O3/c1-12-13(2)20-18-15(12)6-3-7-16(18)19(24)21-10-4-5-14(11-21)8-9-17(22)23/h3,6-7,14,20H,4-5,8-11H2,1-2H3,(H,22,23)/t14-/m0/s1. The molecule has 128 valence electrons. The number of hydrogen-bond acceptors (Lipinski definition) is 2. The van der Waals surface area contributed by atoms with Crippen LogP contribution >= 0.6 is 0 Å². The third-order valence-corrected chi connectivity index (χ3v) is 5.15. The SMILES string of the molecule is Cc1[nH]c2c(C(=O)N3CCC[C@@H](CCC(=O)O)C3)cccc2c1C. The number of carbonyl (C=O) groups is 2. The van der Waals surface area contributed by atoms with Gasteiger partial charge in [0.2, 0.25) is 0 Å². The van der Waals surface area contributed by atoms with Crippen LogP contribution in [0.1, 0.15) is 47.3 Å². The van der Waals surface area contributed by atoms with E-state index >= 15 is 0 Å². The highest BCUT2D eigenvalue weighted by atomic mass is 16.4. The predicted molar refractivity (Wildman–Crippen MR) is 93.3 cm³/mol. The van der Waals surface area contributed by atoms with Crippen molar-refractivity contribution >= 4 is 22.8 Å². The molecule has 1 amide bonds. The van der Waals surface area contributed by atoms with Crippen molar-refractivity contribution in [3.8, 4) is 0 Å². The number of H-pyrrole nitrogens is 1. The van der Waals surface area contributed by atoms with Crippen LogP contribution in [0.15, 0.2) is 18.2 Å². The van der Waals surface area contributed by atoms with Crippen LogP contribution in [0.2, 0.25) is 0 Å². The number of nitrogens with zero attached hydrogens (tertiary/aromatic N) is 1. The molecule has 0 bridgehead atoms. The minimum absolute atomic E-state index is 0.0434. The van der Waals surface area contributed by atoms with Crippen LogP contribution < -0.4 is 0 Å². The number of aromatic amines is 1. The molecule has 1 saturated heterocycles. The second-order valence-electron chi connectivity index (χ2n) is 6.79. The van der Waals surface area contributed by atoms with Crippen LogP contribution in [0.5, 0.6) is 0 Å². The van der Waals surface area contributed by atoms with Crippen molar-refractivity contribution < 1.29 is 14.7 Å². The normalized spacial score (nSPS) is 18.1. The first kappa shape index (κ1) is 16.6. The summed E-state index contributed by atoms with van der Waals surface area (Å²) < 4.78 is 0. The van der Waals surface area contributed by atoms with Crippen LogP contribution in [0.4, 0.5) is 0 Å². The Morgan fingerprint density at radius 1 is 1.33 bits per heavy atom. The Bertz CT molecular complexity index is 778. The molecular weight excluding hydrogens is 304 g/mol. The number of likely N-dealkylation sites (tertiary alicyclic amines) is 1. The number of fused-ring (bicyclic) bond motifs is 1. The first-order valence-electron chi connectivity index (χ1n) is 8.56. The lowest BCUT2D eigenvalue weighted by molar-refractivity contribution is -0.137. The van der Waals surface area contributed by atoms with Gasteiger partial charge in [0.25, 0.3) is 5.91 Å². The molecule has 3 rings (SSSR count). The Morgan fingerprint density at radius 3 is 2.88 bits per heavy atom. The summed E-state index contributed by atoms with van der Waals surface area (Å²) in [7, 11) is 0. The van der Waals surface area contributed by atoms with E-state index in [-0.39, 0.29) is 18.2 Å². The van der Waals surface area contributed by atoms with Gasteiger partial charge in [0.1, 0.15) is 0 Å². The summed E-state index contributed by atoms with van der Waals surface area (Å²) in [6.07, 6.45) is 2.76. The summed E-state index contributed by atoms with van der Waals surface area (Å²) in [5.41, 5.74) is 3.88. The van der Waals surface area contributed by atoms with Crippen molar-refractivity contribution in [2.75, 3.05) is 13.1 Å². The number of benzene rings is 1. The molecule has 0 unspecified atom stereocenters. The monoisotopic (exact) mass is 328 g/mol. The average molecular weight is 328 g/mol. The number of carbonyl (C=O) groups excluding carboxylic acids is 1. The van der Waals surface area contributed by atoms with Gasteiger partial charge >= 0.3 is 5.97 Å². The molecule has 24 heavy (non-hydrogen) atoms. The number of aliphatic carboxylic acids is 1. The maximum Gasteiger partial charge on any atom is 0.303 e. The molecule has 1 fully saturated rings. The van der Waals surface area contributed by atoms with Crippen LogP contribution in [0.3, 0.4) is 0 Å². The van der Waals surface area contributed by atoms with Gasteiger partial charge in [0.15, 0.2) is 0 Å². The van der Waals surface area contributed by atoms with Crippen LogP contribution in [0, 0.1) is 19.8 Å². The van der Waals surface area contributed by atoms with Gasteiger partial charge in [0, 0.05) is 30.6 Å². The van der Waals surface area contributed by atoms with E-state index in [2.05, 4.69) is 11.9 Å². The summed E-state index contributed by atoms with van der Waals surface area (Å²) in [6.45, 7) is 5.48. The summed E-state index contributed by atoms with van der Waals surface area (Å²) in [6, 6.07) is 5.85. The first-order chi connectivity index (χ1) is 11.5. The molecule has 1 aliphatic rings. The molecule has 1 aromatic heterocycles. The van der Waals surface area contributed by atoms with E-state index in [4.69, 9.17) is 5.11 Å². The van der Waals surface area contributed by atoms with Gasteiger partial charge in [-0.05, 0) is 50.7 Å². The van der Waals surface area contributed by atoms with E-state index in [1.165, 1.54) is 5.56 Å². The molecular formula is C19H24N2O3. The number of carboxylic acid groups (broad SMARTS) is 1. The number of carboxylic acids is 1. The van der Waals surface area contributed by atoms with E-state index in [1.807, 2.05) is 30.0 Å². The minimum atomic E-state index is -0.763. The number of para-hydroxylation sites is 1. The fourth-order valence-electron chi connectivity index (χ4n) is 3.64. The van der Waals surface area contributed by atoms with Gasteiger partial charge in [-0.15, -0.1) is 0 Å². The Kier molecular flexibility index (Phi) is 4.60. The molecule has 0 saturated carbocycles. The lowest BCUT2D eigenvalue weighted by atomic mass is 9.93. The van der Waals surface area contributed by atoms with Gasteiger partial charge in [0.05, 0.1) is 11.1 Å². The maximum atomic E-state index is 13.0. The number of hydrogen-bond donors (Lipinski definition) is 2. The molecule has 2 aromatic rings. The Balaban J connectivity index is 1.81. The van der Waals surface area contributed by atoms with Gasteiger partial charge in [-0.1, -0.05) is 12.1 Å². The van der Waals surface area contributed by atoms with E-state index in [0.29, 0.717) is 18.5 Å². The van der Waals surface area contributed by atoms with E-state index in [1.54, 1.807) is 0 Å². The molecule has 1 aromatic carbocycles. The maximum absolute atomic E-state index is 13.0. The van der Waals surface area contributed by atoms with Gasteiger partial charge < -0.3 is 15.0 Å². The molecule has 5 nitrogen and oxygen atoms in total. The summed E-state index contributed by atoms with van der Waals surface area (Å²) in [5.74, 6) is -0.437. The largest absolute Gasteiger partial charge is 0.481 e. The highest BCUT2D eigenvalue weighted by Gasteiger charge is 2.26. The van der Waals surface area contributed by atoms with E-state index < -0.39 is 5.97 Å². The van der Waals surface area contributed by atoms with Gasteiger partial charge in [-0.2, -0.15) is 0 Å². The number of nitrogens with one attached hydrogen (secondary N) is 1. The zero-order valence-electron chi connectivity index (χ0n) is 14.3. The number of amides is 1. The molecule has 0 radical (unpaired) electrons. The van der Waals surface area contributed by atoms with Crippen LogP contribution in [0.25, 0.3) is 10.9 Å². The molecule has 5 heteroatoms. The quantitative estimate of drug-likeness (QED) is 0.902. The summed E-state index contributed by atoms with van der Waals surface area (Å²) >= 11 is 0. The van der Waals surface area contributed by atoms with Crippen LogP contribution in [-0.2, 0) is 4.79 Å². The summed E-state index contributed by atoms with van der Waals surface area (Å²) in [4.78, 5) is 29.0. The number of piperidine rings is 1. The fourth-order valence-corrected chi connectivity index (χ4v) is 3.64. The number of aromatic nitrogens is 1. The van der Waals surface area contributed by atoms with Gasteiger partial charge in [-0.3, -0.25) is 9.59 Å². The predicted octanol–water partition coefficient (Wildman–Crippen LogP) is 3.50. The molecule has 1 atom stereocenters. The molecule has 1 aliphatic heterocycles. The smallest absolute Gasteiger partial charge is 0.303 e. The Hall–Kier alpha value is -2.30.